The third-order valence-electron chi connectivity index (χ3n) is 2.77. The third-order valence-corrected chi connectivity index (χ3v) is 2.77. The van der Waals surface area contributed by atoms with Gasteiger partial charge in [0.05, 0.1) is 11.1 Å². The molecule has 0 atom stereocenters. The number of rotatable bonds is 5. The van der Waals surface area contributed by atoms with Gasteiger partial charge in [0.1, 0.15) is 18.1 Å². The molecule has 0 aliphatic carbocycles. The Kier molecular flexibility index (Phi) is 4.00. The Morgan fingerprint density at radius 3 is 2.65 bits per heavy atom. The predicted octanol–water partition coefficient (Wildman–Crippen LogP) is 1.88. The Morgan fingerprint density at radius 2 is 2.00 bits per heavy atom. The second-order valence-corrected chi connectivity index (χ2v) is 4.16. The van der Waals surface area contributed by atoms with Crippen LogP contribution in [-0.4, -0.2) is 17.3 Å². The maximum absolute atomic E-state index is 11.0. The van der Waals surface area contributed by atoms with Crippen LogP contribution in [0.3, 0.4) is 0 Å². The van der Waals surface area contributed by atoms with Crippen LogP contribution in [0.25, 0.3) is 0 Å². The van der Waals surface area contributed by atoms with Crippen LogP contribution in [0.5, 0.6) is 11.5 Å². The fraction of sp³-hybridized carbons (Fsp3) is 0.0667. The van der Waals surface area contributed by atoms with E-state index in [0.717, 1.165) is 0 Å². The zero-order valence-electron chi connectivity index (χ0n) is 10.6. The molecule has 5 heteroatoms. The molecular weight excluding hydrogens is 258 g/mol. The average molecular weight is 271 g/mol. The molecule has 1 amide bonds. The molecule has 0 spiro atoms. The Balaban J connectivity index is 2.13. The molecule has 5 nitrogen and oxygen atoms in total. The summed E-state index contributed by atoms with van der Waals surface area (Å²) in [4.78, 5) is 21.8. The van der Waals surface area contributed by atoms with Crippen LogP contribution in [0.2, 0.25) is 0 Å². The standard InChI is InChI=1S/C15H13NO4/c16-15(19)12-6-5-10(7-13(12)18)9-20-14-4-2-1-3-11(14)8-17/h1-8,18H,9H2,(H2,16,19). The van der Waals surface area contributed by atoms with Crippen LogP contribution in [0, 0.1) is 0 Å². The van der Waals surface area contributed by atoms with Gasteiger partial charge >= 0.3 is 0 Å². The second kappa shape index (κ2) is 5.88. The molecule has 2 rings (SSSR count). The van der Waals surface area contributed by atoms with Crippen molar-refractivity contribution in [1.29, 1.82) is 0 Å². The van der Waals surface area contributed by atoms with Gasteiger partial charge in [-0.1, -0.05) is 18.2 Å². The van der Waals surface area contributed by atoms with Gasteiger partial charge in [0.15, 0.2) is 6.29 Å². The lowest BCUT2D eigenvalue weighted by Crippen LogP contribution is -2.11. The molecule has 0 heterocycles. The van der Waals surface area contributed by atoms with E-state index in [1.807, 2.05) is 0 Å². The molecule has 0 saturated heterocycles. The fourth-order valence-corrected chi connectivity index (χ4v) is 1.75. The number of phenols is 1. The monoisotopic (exact) mass is 271 g/mol. The van der Waals surface area contributed by atoms with Crippen molar-refractivity contribution in [3.8, 4) is 11.5 Å². The number of benzene rings is 2. The van der Waals surface area contributed by atoms with Crippen molar-refractivity contribution in [2.75, 3.05) is 0 Å². The van der Waals surface area contributed by atoms with E-state index in [4.69, 9.17) is 10.5 Å². The molecule has 2 aromatic rings. The summed E-state index contributed by atoms with van der Waals surface area (Å²) in [6, 6.07) is 11.3. The highest BCUT2D eigenvalue weighted by Gasteiger charge is 2.08. The Bertz CT molecular complexity index is 652. The summed E-state index contributed by atoms with van der Waals surface area (Å²) in [6.45, 7) is 0.164. The molecule has 20 heavy (non-hydrogen) atoms. The summed E-state index contributed by atoms with van der Waals surface area (Å²) in [7, 11) is 0. The molecule has 102 valence electrons. The number of carbonyl (C=O) groups is 2. The minimum absolute atomic E-state index is 0.0574. The number of aromatic hydroxyl groups is 1. The van der Waals surface area contributed by atoms with E-state index >= 15 is 0 Å². The molecule has 0 saturated carbocycles. The summed E-state index contributed by atoms with van der Waals surface area (Å²) >= 11 is 0. The maximum atomic E-state index is 11.0. The lowest BCUT2D eigenvalue weighted by molar-refractivity contribution is 0.0997. The number of hydrogen-bond acceptors (Lipinski definition) is 4. The quantitative estimate of drug-likeness (QED) is 0.812. The molecule has 3 N–H and O–H groups in total. The number of nitrogens with two attached hydrogens (primary N) is 1. The van der Waals surface area contributed by atoms with E-state index in [1.165, 1.54) is 12.1 Å². The van der Waals surface area contributed by atoms with Gasteiger partial charge in [0.2, 0.25) is 0 Å². The molecule has 0 fully saturated rings. The molecule has 0 aliphatic heterocycles. The summed E-state index contributed by atoms with van der Waals surface area (Å²) in [6.07, 6.45) is 0.711. The number of amides is 1. The topological polar surface area (TPSA) is 89.6 Å². The highest BCUT2D eigenvalue weighted by Crippen LogP contribution is 2.21. The zero-order valence-corrected chi connectivity index (χ0v) is 10.6. The van der Waals surface area contributed by atoms with Gasteiger partial charge < -0.3 is 15.6 Å². The van der Waals surface area contributed by atoms with Crippen LogP contribution >= 0.6 is 0 Å². The third kappa shape index (κ3) is 2.95. The molecular formula is C15H13NO4. The van der Waals surface area contributed by atoms with Gasteiger partial charge in [-0.15, -0.1) is 0 Å². The molecule has 2 aromatic carbocycles. The van der Waals surface area contributed by atoms with E-state index in [-0.39, 0.29) is 17.9 Å². The first-order valence-corrected chi connectivity index (χ1v) is 5.90. The highest BCUT2D eigenvalue weighted by atomic mass is 16.5. The number of hydrogen-bond donors (Lipinski definition) is 2. The number of aldehydes is 1. The average Bonchev–Trinajstić information content (AvgIpc) is 2.45. The van der Waals surface area contributed by atoms with Crippen molar-refractivity contribution >= 4 is 12.2 Å². The van der Waals surface area contributed by atoms with E-state index in [0.29, 0.717) is 23.2 Å². The number of ether oxygens (including phenoxy) is 1. The second-order valence-electron chi connectivity index (χ2n) is 4.16. The van der Waals surface area contributed by atoms with Crippen molar-refractivity contribution in [3.05, 3.63) is 59.2 Å². The number of primary amides is 1. The van der Waals surface area contributed by atoms with Gasteiger partial charge in [0, 0.05) is 0 Å². The van der Waals surface area contributed by atoms with Crippen molar-refractivity contribution in [3.63, 3.8) is 0 Å². The number of carbonyl (C=O) groups excluding carboxylic acids is 2. The van der Waals surface area contributed by atoms with Crippen LogP contribution in [-0.2, 0) is 6.61 Å². The molecule has 0 unspecified atom stereocenters. The molecule has 0 bridgehead atoms. The highest BCUT2D eigenvalue weighted by molar-refractivity contribution is 5.95. The summed E-state index contributed by atoms with van der Waals surface area (Å²) in [5, 5.41) is 9.65. The van der Waals surface area contributed by atoms with Crippen LogP contribution < -0.4 is 10.5 Å². The van der Waals surface area contributed by atoms with Crippen LogP contribution in [0.15, 0.2) is 42.5 Å². The maximum Gasteiger partial charge on any atom is 0.252 e. The first-order valence-electron chi connectivity index (χ1n) is 5.90. The Labute approximate surface area is 115 Å². The van der Waals surface area contributed by atoms with E-state index in [2.05, 4.69) is 0 Å². The molecule has 0 aromatic heterocycles. The molecule has 0 radical (unpaired) electrons. The van der Waals surface area contributed by atoms with Crippen molar-refractivity contribution < 1.29 is 19.4 Å². The van der Waals surface area contributed by atoms with Gasteiger partial charge in [-0.3, -0.25) is 9.59 Å². The van der Waals surface area contributed by atoms with Gasteiger partial charge in [-0.25, -0.2) is 0 Å². The largest absolute Gasteiger partial charge is 0.507 e. The lowest BCUT2D eigenvalue weighted by atomic mass is 10.1. The first kappa shape index (κ1) is 13.6. The normalized spacial score (nSPS) is 10.0. The first-order chi connectivity index (χ1) is 9.61. The van der Waals surface area contributed by atoms with Crippen molar-refractivity contribution in [1.82, 2.24) is 0 Å². The Hall–Kier alpha value is -2.82. The van der Waals surface area contributed by atoms with Gasteiger partial charge in [-0.2, -0.15) is 0 Å². The van der Waals surface area contributed by atoms with E-state index in [1.54, 1.807) is 30.3 Å². The summed E-state index contributed by atoms with van der Waals surface area (Å²) < 4.78 is 5.51. The minimum Gasteiger partial charge on any atom is -0.507 e. The summed E-state index contributed by atoms with van der Waals surface area (Å²) in [5.74, 6) is -0.426. The van der Waals surface area contributed by atoms with Gasteiger partial charge in [-0.05, 0) is 29.8 Å². The van der Waals surface area contributed by atoms with E-state index < -0.39 is 5.91 Å². The van der Waals surface area contributed by atoms with Crippen LogP contribution in [0.4, 0.5) is 0 Å². The fourth-order valence-electron chi connectivity index (χ4n) is 1.75. The number of para-hydroxylation sites is 1. The smallest absolute Gasteiger partial charge is 0.252 e. The Morgan fingerprint density at radius 1 is 1.25 bits per heavy atom. The van der Waals surface area contributed by atoms with Crippen molar-refractivity contribution in [2.45, 2.75) is 6.61 Å². The van der Waals surface area contributed by atoms with Gasteiger partial charge in [0.25, 0.3) is 5.91 Å². The van der Waals surface area contributed by atoms with E-state index in [9.17, 15) is 14.7 Å². The predicted molar refractivity (Wildman–Crippen MR) is 72.8 cm³/mol. The lowest BCUT2D eigenvalue weighted by Gasteiger charge is -2.09. The van der Waals surface area contributed by atoms with Crippen molar-refractivity contribution in [2.24, 2.45) is 5.73 Å². The summed E-state index contributed by atoms with van der Waals surface area (Å²) in [5.41, 5.74) is 6.27. The zero-order chi connectivity index (χ0) is 14.5. The SMILES string of the molecule is NC(=O)c1ccc(COc2ccccc2C=O)cc1O. The molecule has 0 aliphatic rings. The van der Waals surface area contributed by atoms with Crippen LogP contribution in [0.1, 0.15) is 26.3 Å². The minimum atomic E-state index is -0.693.